The normalized spacial score (nSPS) is 10.8. The topological polar surface area (TPSA) is 74.3 Å². The fraction of sp³-hybridized carbons (Fsp3) is 0.875. The summed E-state index contributed by atoms with van der Waals surface area (Å²) in [5, 5.41) is 0. The number of ether oxygens (including phenoxy) is 4. The first kappa shape index (κ1) is 21.8. The number of carbonyl (C=O) groups is 2. The van der Waals surface area contributed by atoms with Crippen molar-refractivity contribution in [2.45, 2.75) is 33.6 Å². The molecule has 0 unspecified atom stereocenters. The molecule has 0 aromatic rings. The molecule has 0 saturated carbocycles. The van der Waals surface area contributed by atoms with Crippen LogP contribution >= 0.6 is 0 Å². The maximum absolute atomic E-state index is 11.7. The van der Waals surface area contributed by atoms with E-state index >= 15 is 0 Å². The van der Waals surface area contributed by atoms with E-state index in [1.165, 1.54) is 0 Å². The highest BCUT2D eigenvalue weighted by Gasteiger charge is 2.10. The Labute approximate surface area is 139 Å². The number of carbonyl (C=O) groups excluding carboxylic acids is 2. The number of rotatable bonds is 15. The molecule has 0 bridgehead atoms. The van der Waals surface area contributed by atoms with Crippen LogP contribution in [-0.4, -0.2) is 76.1 Å². The largest absolute Gasteiger partial charge is 0.466 e. The minimum atomic E-state index is -0.352. The van der Waals surface area contributed by atoms with Crippen LogP contribution in [0.25, 0.3) is 0 Å². The second-order valence-corrected chi connectivity index (χ2v) is 4.76. The quantitative estimate of drug-likeness (QED) is 0.330. The highest BCUT2D eigenvalue weighted by atomic mass is 16.5. The van der Waals surface area contributed by atoms with Crippen LogP contribution < -0.4 is 0 Å². The summed E-state index contributed by atoms with van der Waals surface area (Å²) in [6, 6.07) is 0. The molecule has 0 radical (unpaired) electrons. The Hall–Kier alpha value is -1.18. The highest BCUT2D eigenvalue weighted by Crippen LogP contribution is 1.97. The second-order valence-electron chi connectivity index (χ2n) is 4.76. The molecule has 0 aliphatic rings. The maximum atomic E-state index is 11.7. The lowest BCUT2D eigenvalue weighted by Crippen LogP contribution is -2.33. The minimum Gasteiger partial charge on any atom is -0.466 e. The summed E-state index contributed by atoms with van der Waals surface area (Å²) in [6.07, 6.45) is 0.374. The van der Waals surface area contributed by atoms with E-state index in [-0.39, 0.29) is 31.4 Å². The van der Waals surface area contributed by atoms with Gasteiger partial charge < -0.3 is 18.9 Å². The van der Waals surface area contributed by atoms with Crippen LogP contribution in [0.15, 0.2) is 0 Å². The van der Waals surface area contributed by atoms with Gasteiger partial charge in [-0.3, -0.25) is 14.5 Å². The van der Waals surface area contributed by atoms with E-state index in [1.54, 1.807) is 6.92 Å². The van der Waals surface area contributed by atoms with Crippen molar-refractivity contribution in [3.63, 3.8) is 0 Å². The Kier molecular flexibility index (Phi) is 14.9. The van der Waals surface area contributed by atoms with Crippen LogP contribution in [-0.2, 0) is 28.5 Å². The first-order valence-electron chi connectivity index (χ1n) is 8.33. The number of nitrogens with zero attached hydrogens (tertiary/aromatic N) is 1. The van der Waals surface area contributed by atoms with Gasteiger partial charge in [-0.15, -0.1) is 0 Å². The van der Waals surface area contributed by atoms with E-state index < -0.39 is 0 Å². The third-order valence-electron chi connectivity index (χ3n) is 3.02. The highest BCUT2D eigenvalue weighted by molar-refractivity contribution is 5.71. The van der Waals surface area contributed by atoms with Crippen molar-refractivity contribution in [1.29, 1.82) is 0 Å². The van der Waals surface area contributed by atoms with Crippen molar-refractivity contribution in [3.05, 3.63) is 0 Å². The molecule has 0 aromatic carbocycles. The van der Waals surface area contributed by atoms with Crippen molar-refractivity contribution in [2.75, 3.05) is 59.3 Å². The monoisotopic (exact) mass is 333 g/mol. The fourth-order valence-corrected chi connectivity index (χ4v) is 1.81. The summed E-state index contributed by atoms with van der Waals surface area (Å²) in [5.74, 6) is -0.664. The van der Waals surface area contributed by atoms with Gasteiger partial charge in [0.05, 0.1) is 32.7 Å². The predicted molar refractivity (Wildman–Crippen MR) is 86.3 cm³/mol. The van der Waals surface area contributed by atoms with E-state index in [0.29, 0.717) is 39.6 Å². The molecule has 0 rings (SSSR count). The van der Waals surface area contributed by atoms with Gasteiger partial charge in [0.1, 0.15) is 6.61 Å². The lowest BCUT2D eigenvalue weighted by atomic mass is 10.3. The van der Waals surface area contributed by atoms with Crippen LogP contribution in [0.3, 0.4) is 0 Å². The van der Waals surface area contributed by atoms with Crippen molar-refractivity contribution in [1.82, 2.24) is 4.90 Å². The molecular weight excluding hydrogens is 302 g/mol. The first-order chi connectivity index (χ1) is 11.1. The zero-order valence-electron chi connectivity index (χ0n) is 14.7. The molecule has 136 valence electrons. The standard InChI is InChI=1S/C16H31NO6/c1-4-20-13-10-17(11-14-21-5-2)9-7-15(18)23-12-8-16(19)22-6-3/h4-14H2,1-3H3. The van der Waals surface area contributed by atoms with E-state index in [1.807, 2.05) is 13.8 Å². The van der Waals surface area contributed by atoms with Gasteiger partial charge in [-0.2, -0.15) is 0 Å². The van der Waals surface area contributed by atoms with Gasteiger partial charge in [-0.05, 0) is 20.8 Å². The van der Waals surface area contributed by atoms with Crippen molar-refractivity contribution in [2.24, 2.45) is 0 Å². The van der Waals surface area contributed by atoms with E-state index in [4.69, 9.17) is 18.9 Å². The summed E-state index contributed by atoms with van der Waals surface area (Å²) in [5.41, 5.74) is 0. The van der Waals surface area contributed by atoms with Crippen LogP contribution in [0.4, 0.5) is 0 Å². The lowest BCUT2D eigenvalue weighted by molar-refractivity contribution is -0.149. The molecule has 0 spiro atoms. The molecule has 0 fully saturated rings. The average Bonchev–Trinajstić information content (AvgIpc) is 2.52. The maximum Gasteiger partial charge on any atom is 0.309 e. The predicted octanol–water partition coefficient (Wildman–Crippen LogP) is 1.25. The zero-order chi connectivity index (χ0) is 17.3. The molecule has 0 atom stereocenters. The number of hydrogen-bond acceptors (Lipinski definition) is 7. The third-order valence-corrected chi connectivity index (χ3v) is 3.02. The molecule has 23 heavy (non-hydrogen) atoms. The van der Waals surface area contributed by atoms with Crippen LogP contribution in [0, 0.1) is 0 Å². The van der Waals surface area contributed by atoms with E-state index in [9.17, 15) is 9.59 Å². The summed E-state index contributed by atoms with van der Waals surface area (Å²) in [4.78, 5) is 24.9. The molecule has 0 N–H and O–H groups in total. The molecule has 0 saturated heterocycles. The van der Waals surface area contributed by atoms with Crippen LogP contribution in [0.1, 0.15) is 33.6 Å². The average molecular weight is 333 g/mol. The summed E-state index contributed by atoms with van der Waals surface area (Å²) in [7, 11) is 0. The molecule has 0 heterocycles. The smallest absolute Gasteiger partial charge is 0.309 e. The van der Waals surface area contributed by atoms with Gasteiger partial charge in [0.15, 0.2) is 0 Å². The van der Waals surface area contributed by atoms with Crippen molar-refractivity contribution < 1.29 is 28.5 Å². The lowest BCUT2D eigenvalue weighted by Gasteiger charge is -2.21. The number of esters is 2. The van der Waals surface area contributed by atoms with Crippen LogP contribution in [0.2, 0.25) is 0 Å². The fourth-order valence-electron chi connectivity index (χ4n) is 1.81. The van der Waals surface area contributed by atoms with Gasteiger partial charge in [-0.25, -0.2) is 0 Å². The molecule has 0 aromatic heterocycles. The molecule has 7 nitrogen and oxygen atoms in total. The van der Waals surface area contributed by atoms with Gasteiger partial charge in [0.2, 0.25) is 0 Å². The number of hydrogen-bond donors (Lipinski definition) is 0. The van der Waals surface area contributed by atoms with E-state index in [0.717, 1.165) is 13.1 Å². The first-order valence-corrected chi connectivity index (χ1v) is 8.33. The SMILES string of the molecule is CCOCCN(CCOCC)CCC(=O)OCCC(=O)OCC. The Morgan fingerprint density at radius 2 is 1.26 bits per heavy atom. The van der Waals surface area contributed by atoms with Gasteiger partial charge in [0, 0.05) is 32.8 Å². The third kappa shape index (κ3) is 14.2. The zero-order valence-corrected chi connectivity index (χ0v) is 14.7. The van der Waals surface area contributed by atoms with Gasteiger partial charge in [0.25, 0.3) is 0 Å². The van der Waals surface area contributed by atoms with Crippen molar-refractivity contribution >= 4 is 11.9 Å². The van der Waals surface area contributed by atoms with Crippen LogP contribution in [0.5, 0.6) is 0 Å². The Bertz CT molecular complexity index is 301. The summed E-state index contributed by atoms with van der Waals surface area (Å²) < 4.78 is 20.5. The molecular formula is C16H31NO6. The van der Waals surface area contributed by atoms with Gasteiger partial charge >= 0.3 is 11.9 Å². The minimum absolute atomic E-state index is 0.0650. The Morgan fingerprint density at radius 3 is 1.78 bits per heavy atom. The van der Waals surface area contributed by atoms with Crippen molar-refractivity contribution in [3.8, 4) is 0 Å². The molecule has 0 amide bonds. The Balaban J connectivity index is 3.91. The van der Waals surface area contributed by atoms with E-state index in [2.05, 4.69) is 4.90 Å². The second kappa shape index (κ2) is 15.7. The molecule has 0 aliphatic carbocycles. The summed E-state index contributed by atoms with van der Waals surface area (Å²) in [6.45, 7) is 10.7. The molecule has 7 heteroatoms. The van der Waals surface area contributed by atoms with Gasteiger partial charge in [-0.1, -0.05) is 0 Å². The molecule has 0 aliphatic heterocycles. The summed E-state index contributed by atoms with van der Waals surface area (Å²) >= 11 is 0. The Morgan fingerprint density at radius 1 is 0.696 bits per heavy atom.